The third kappa shape index (κ3) is 7.66. The minimum absolute atomic E-state index is 0.129. The maximum atomic E-state index is 5.76. The lowest BCUT2D eigenvalue weighted by molar-refractivity contribution is 0.577. The first-order valence-corrected chi connectivity index (χ1v) is 31.3. The fraction of sp³-hybridized carbons (Fsp3) is 0.108. The Morgan fingerprint density at radius 3 is 1.92 bits per heavy atom. The number of aromatic nitrogens is 4. The van der Waals surface area contributed by atoms with Crippen LogP contribution in [0.3, 0.4) is 0 Å². The van der Waals surface area contributed by atoms with Crippen molar-refractivity contribution < 1.29 is 0 Å². The highest BCUT2D eigenvalue weighted by molar-refractivity contribution is 6.29. The van der Waals surface area contributed by atoms with E-state index in [4.69, 9.17) is 9.98 Å². The van der Waals surface area contributed by atoms with Crippen LogP contribution >= 0.6 is 0 Å². The standard InChI is InChI=1S/C83H61N5/c1-4-51-41-60(88-75-31-12-8-24-63(75)64-25-9-13-32-76(64)88)48-85-83(51)72-46-58-45-71(66-28-16-21-57-44-68(56-35-34-52-19-5-6-20-53(52)40-56)50(3)61-27-17-29-67(72)81(61)80(58)79(57)66)82-49(2)18-15-22-59(47-84-82)87-77-33-14-10-26-65(77)70-43-55(37-39-78(70)87)54-36-38-74-69(42-54)62-23-7-11-30-73(62)86-74/h5-17,19-43,45-50,68,86H,4,18,44H2,1-3H3. The van der Waals surface area contributed by atoms with Gasteiger partial charge in [0, 0.05) is 60.4 Å². The number of hydrogen-bond donors (Lipinski definition) is 1. The fourth-order valence-corrected chi connectivity index (χ4v) is 15.8. The van der Waals surface area contributed by atoms with Crippen molar-refractivity contribution in [1.82, 2.24) is 19.1 Å². The molecule has 0 amide bonds. The van der Waals surface area contributed by atoms with Gasteiger partial charge in [0.05, 0.1) is 57.3 Å². The number of pyridine rings is 1. The molecule has 0 bridgehead atoms. The zero-order valence-corrected chi connectivity index (χ0v) is 49.4. The molecule has 0 radical (unpaired) electrons. The normalized spacial score (nSPS) is 16.3. The molecule has 1 N–H and O–H groups in total. The predicted octanol–water partition coefficient (Wildman–Crippen LogP) is 21.8. The summed E-state index contributed by atoms with van der Waals surface area (Å²) in [7, 11) is 0. The molecular formula is C83H61N5. The van der Waals surface area contributed by atoms with Gasteiger partial charge in [0.1, 0.15) is 0 Å². The highest BCUT2D eigenvalue weighted by Gasteiger charge is 2.31. The summed E-state index contributed by atoms with van der Waals surface area (Å²) in [5.74, 6) is 0.546. The number of allylic oxidation sites excluding steroid dienone is 3. The van der Waals surface area contributed by atoms with Gasteiger partial charge in [-0.05, 0) is 180 Å². The van der Waals surface area contributed by atoms with E-state index >= 15 is 0 Å². The highest BCUT2D eigenvalue weighted by Crippen LogP contribution is 2.50. The van der Waals surface area contributed by atoms with Gasteiger partial charge in [-0.2, -0.15) is 0 Å². The number of rotatable bonds is 7. The van der Waals surface area contributed by atoms with Crippen LogP contribution in [0.1, 0.15) is 66.8 Å². The Kier molecular flexibility index (Phi) is 11.4. The molecule has 18 rings (SSSR count). The van der Waals surface area contributed by atoms with Crippen molar-refractivity contribution in [2.75, 3.05) is 0 Å². The number of benzene rings is 12. The third-order valence-corrected chi connectivity index (χ3v) is 20.0. The van der Waals surface area contributed by atoms with Crippen LogP contribution in [0.5, 0.6) is 0 Å². The minimum Gasteiger partial charge on any atom is -0.355 e. The van der Waals surface area contributed by atoms with Gasteiger partial charge in [0.25, 0.3) is 0 Å². The van der Waals surface area contributed by atoms with Crippen LogP contribution in [0.4, 0.5) is 0 Å². The lowest BCUT2D eigenvalue weighted by Crippen LogP contribution is -2.16. The summed E-state index contributed by atoms with van der Waals surface area (Å²) in [4.78, 5) is 15.0. The average molecular weight is 1130 g/mol. The maximum Gasteiger partial charge on any atom is 0.0741 e. The van der Waals surface area contributed by atoms with Gasteiger partial charge in [-0.15, -0.1) is 0 Å². The van der Waals surface area contributed by atoms with Gasteiger partial charge in [-0.25, -0.2) is 0 Å². The van der Waals surface area contributed by atoms with Crippen molar-refractivity contribution >= 4 is 120 Å². The molecule has 3 unspecified atom stereocenters. The van der Waals surface area contributed by atoms with Crippen molar-refractivity contribution in [2.45, 2.75) is 51.9 Å². The minimum atomic E-state index is 0.129. The van der Waals surface area contributed by atoms with E-state index in [1.165, 1.54) is 131 Å². The summed E-state index contributed by atoms with van der Waals surface area (Å²) < 4.78 is 4.82. The van der Waals surface area contributed by atoms with E-state index in [1.54, 1.807) is 0 Å². The van der Waals surface area contributed by atoms with E-state index in [2.05, 4.69) is 290 Å². The topological polar surface area (TPSA) is 50.9 Å². The Hall–Kier alpha value is -10.6. The van der Waals surface area contributed by atoms with Crippen molar-refractivity contribution in [3.63, 3.8) is 0 Å². The molecule has 5 nitrogen and oxygen atoms in total. The smallest absolute Gasteiger partial charge is 0.0741 e. The number of nitrogens with zero attached hydrogens (tertiary/aromatic N) is 4. The maximum absolute atomic E-state index is 5.76. The highest BCUT2D eigenvalue weighted by atomic mass is 15.0. The number of nitrogens with one attached hydrogen (secondary N) is 1. The van der Waals surface area contributed by atoms with Gasteiger partial charge in [0.15, 0.2) is 0 Å². The van der Waals surface area contributed by atoms with E-state index in [-0.39, 0.29) is 17.8 Å². The molecule has 12 aromatic carbocycles. The number of aliphatic imine (C=N–C) groups is 1. The Labute approximate surface area is 509 Å². The molecule has 4 aromatic heterocycles. The molecule has 0 spiro atoms. The molecule has 1 aliphatic carbocycles. The molecule has 5 heteroatoms. The van der Waals surface area contributed by atoms with Gasteiger partial charge in [-0.1, -0.05) is 191 Å². The first-order chi connectivity index (χ1) is 43.4. The zero-order chi connectivity index (χ0) is 58.3. The van der Waals surface area contributed by atoms with E-state index in [0.29, 0.717) is 0 Å². The first-order valence-electron chi connectivity index (χ1n) is 31.3. The van der Waals surface area contributed by atoms with E-state index in [1.807, 2.05) is 0 Å². The van der Waals surface area contributed by atoms with E-state index in [9.17, 15) is 0 Å². The molecular weight excluding hydrogens is 1070 g/mol. The molecule has 5 heterocycles. The number of para-hydroxylation sites is 4. The Morgan fingerprint density at radius 2 is 1.12 bits per heavy atom. The molecule has 2 aliphatic rings. The van der Waals surface area contributed by atoms with Crippen LogP contribution in [0, 0.1) is 5.92 Å². The predicted molar refractivity (Wildman–Crippen MR) is 373 cm³/mol. The number of aryl methyl sites for hydroxylation is 1. The summed E-state index contributed by atoms with van der Waals surface area (Å²) in [6.07, 6.45) is 11.5. The van der Waals surface area contributed by atoms with Gasteiger partial charge < -0.3 is 14.1 Å². The van der Waals surface area contributed by atoms with Crippen molar-refractivity contribution in [2.24, 2.45) is 10.9 Å². The van der Waals surface area contributed by atoms with Crippen LogP contribution in [0.15, 0.2) is 260 Å². The molecule has 3 atom stereocenters. The quantitative estimate of drug-likeness (QED) is 0.159. The molecule has 16 aromatic rings. The average Bonchev–Trinajstić information content (AvgIpc) is 2.96. The molecule has 418 valence electrons. The molecule has 0 saturated heterocycles. The van der Waals surface area contributed by atoms with E-state index < -0.39 is 0 Å². The number of fused-ring (bicyclic) bond motifs is 10. The molecule has 0 saturated carbocycles. The van der Waals surface area contributed by atoms with Gasteiger partial charge in [-0.3, -0.25) is 9.98 Å². The van der Waals surface area contributed by atoms with Gasteiger partial charge >= 0.3 is 0 Å². The van der Waals surface area contributed by atoms with Crippen molar-refractivity contribution in [3.05, 3.63) is 283 Å². The number of aromatic amines is 1. The number of hydrogen-bond acceptors (Lipinski definition) is 2. The lowest BCUT2D eigenvalue weighted by Gasteiger charge is -2.31. The molecule has 1 aliphatic heterocycles. The lowest BCUT2D eigenvalue weighted by atomic mass is 9.72. The van der Waals surface area contributed by atoms with E-state index in [0.717, 1.165) is 64.1 Å². The second-order valence-corrected chi connectivity index (χ2v) is 24.8. The van der Waals surface area contributed by atoms with Crippen molar-refractivity contribution in [1.29, 1.82) is 0 Å². The van der Waals surface area contributed by atoms with Crippen LogP contribution in [0.2, 0.25) is 0 Å². The van der Waals surface area contributed by atoms with Crippen LogP contribution in [0.25, 0.3) is 142 Å². The second kappa shape index (κ2) is 19.7. The number of H-pyrrole nitrogens is 1. The summed E-state index contributed by atoms with van der Waals surface area (Å²) in [6, 6.07) is 86.4. The summed E-state index contributed by atoms with van der Waals surface area (Å²) in [5, 5.41) is 17.7. The first kappa shape index (κ1) is 50.7. The largest absolute Gasteiger partial charge is 0.355 e. The Balaban J connectivity index is 0.846. The fourth-order valence-electron chi connectivity index (χ4n) is 15.8. The second-order valence-electron chi connectivity index (χ2n) is 24.8. The summed E-state index contributed by atoms with van der Waals surface area (Å²) in [6.45, 7) is 7.12. The monoisotopic (exact) mass is 1130 g/mol. The molecule has 88 heavy (non-hydrogen) atoms. The zero-order valence-electron chi connectivity index (χ0n) is 49.4. The van der Waals surface area contributed by atoms with Crippen LogP contribution in [-0.4, -0.2) is 24.8 Å². The summed E-state index contributed by atoms with van der Waals surface area (Å²) in [5.41, 5.74) is 21.3. The third-order valence-electron chi connectivity index (χ3n) is 20.0. The Bertz CT molecular complexity index is 5690. The molecule has 0 fully saturated rings. The van der Waals surface area contributed by atoms with Crippen molar-refractivity contribution in [3.8, 4) is 28.1 Å². The van der Waals surface area contributed by atoms with Crippen LogP contribution < -0.4 is 0 Å². The van der Waals surface area contributed by atoms with Gasteiger partial charge in [0.2, 0.25) is 0 Å². The SMILES string of the molecule is CCc1cc(-n2c3ccccc3c3ccccc32)cnc1-c1cc2cc(C3=NC=C(n4c5ccccc5c5cc(-c6ccc7[nH]c8ccccc8c7c6)ccc54)C=CCC3C)c3cccc4c3c2c2c(cccc12)C(C)C(c1ccc2ccccc2c1)C4. The van der Waals surface area contributed by atoms with Crippen LogP contribution in [-0.2, 0) is 12.8 Å². The Morgan fingerprint density at radius 1 is 0.489 bits per heavy atom. The summed E-state index contributed by atoms with van der Waals surface area (Å²) >= 11 is 0.